The topological polar surface area (TPSA) is 67.4 Å². The zero-order chi connectivity index (χ0) is 22.1. The van der Waals surface area contributed by atoms with Crippen LogP contribution in [0.15, 0.2) is 84.9 Å². The summed E-state index contributed by atoms with van der Waals surface area (Å²) in [5.41, 5.74) is 2.52. The summed E-state index contributed by atoms with van der Waals surface area (Å²) in [5, 5.41) is 6.00. The van der Waals surface area contributed by atoms with Crippen molar-refractivity contribution in [3.63, 3.8) is 0 Å². The minimum atomic E-state index is -0.301. The van der Waals surface area contributed by atoms with E-state index in [9.17, 15) is 9.59 Å². The molecule has 5 nitrogen and oxygen atoms in total. The molecular weight excluding hydrogens is 388 g/mol. The highest BCUT2D eigenvalue weighted by Gasteiger charge is 2.19. The molecule has 0 aliphatic heterocycles. The molecule has 3 aromatic carbocycles. The number of hydrogen-bond donors (Lipinski definition) is 2. The third-order valence-corrected chi connectivity index (χ3v) is 4.87. The van der Waals surface area contributed by atoms with Gasteiger partial charge in [-0.15, -0.1) is 0 Å². The van der Waals surface area contributed by atoms with Gasteiger partial charge in [-0.1, -0.05) is 60.7 Å². The summed E-state index contributed by atoms with van der Waals surface area (Å²) in [6.07, 6.45) is 0.180. The van der Waals surface area contributed by atoms with Crippen molar-refractivity contribution in [1.82, 2.24) is 10.6 Å². The maximum atomic E-state index is 12.8. The van der Waals surface area contributed by atoms with Crippen LogP contribution in [0.1, 0.15) is 47.8 Å². The summed E-state index contributed by atoms with van der Waals surface area (Å²) in [5.74, 6) is 0.470. The van der Waals surface area contributed by atoms with Crippen LogP contribution < -0.4 is 15.4 Å². The van der Waals surface area contributed by atoms with Crippen LogP contribution in [0.2, 0.25) is 0 Å². The standard InChI is InChI=1S/C26H28N2O3/c1-3-31-23-16-14-21(15-17-23)25(20-10-6-4-7-11-20)28-24(29)18-19(2)27-26(30)22-12-8-5-9-13-22/h4-17,19,25H,3,18H2,1-2H3,(H,27,30)(H,28,29)/t19-,25-/m1/s1. The number of carbonyl (C=O) groups excluding carboxylic acids is 2. The molecule has 3 aromatic rings. The lowest BCUT2D eigenvalue weighted by Crippen LogP contribution is -2.38. The molecule has 0 saturated heterocycles. The number of hydrogen-bond acceptors (Lipinski definition) is 3. The molecule has 3 rings (SSSR count). The van der Waals surface area contributed by atoms with Gasteiger partial charge in [-0.05, 0) is 49.2 Å². The van der Waals surface area contributed by atoms with Gasteiger partial charge in [0, 0.05) is 18.0 Å². The number of ether oxygens (including phenoxy) is 1. The summed E-state index contributed by atoms with van der Waals surface area (Å²) < 4.78 is 5.53. The smallest absolute Gasteiger partial charge is 0.251 e. The van der Waals surface area contributed by atoms with Crippen molar-refractivity contribution in [2.24, 2.45) is 0 Å². The van der Waals surface area contributed by atoms with Crippen molar-refractivity contribution in [1.29, 1.82) is 0 Å². The van der Waals surface area contributed by atoms with E-state index in [4.69, 9.17) is 4.74 Å². The fourth-order valence-electron chi connectivity index (χ4n) is 3.37. The Bertz CT molecular complexity index is 973. The van der Waals surface area contributed by atoms with Crippen molar-refractivity contribution in [2.75, 3.05) is 6.61 Å². The molecule has 0 aliphatic rings. The molecule has 0 saturated carbocycles. The number of nitrogens with one attached hydrogen (secondary N) is 2. The highest BCUT2D eigenvalue weighted by Crippen LogP contribution is 2.24. The van der Waals surface area contributed by atoms with Gasteiger partial charge < -0.3 is 15.4 Å². The summed E-state index contributed by atoms with van der Waals surface area (Å²) in [6, 6.07) is 26.0. The Morgan fingerprint density at radius 1 is 0.806 bits per heavy atom. The first-order valence-corrected chi connectivity index (χ1v) is 10.5. The maximum Gasteiger partial charge on any atom is 0.251 e. The second-order valence-electron chi connectivity index (χ2n) is 7.36. The average molecular weight is 417 g/mol. The Kier molecular flexibility index (Phi) is 7.82. The minimum absolute atomic E-state index is 0.136. The monoisotopic (exact) mass is 416 g/mol. The number of amides is 2. The van der Waals surface area contributed by atoms with Gasteiger partial charge in [0.15, 0.2) is 0 Å². The molecule has 0 aromatic heterocycles. The van der Waals surface area contributed by atoms with E-state index < -0.39 is 0 Å². The van der Waals surface area contributed by atoms with E-state index in [1.807, 2.05) is 86.6 Å². The first-order chi connectivity index (χ1) is 15.1. The molecule has 0 unspecified atom stereocenters. The van der Waals surface area contributed by atoms with E-state index in [1.54, 1.807) is 12.1 Å². The van der Waals surface area contributed by atoms with E-state index in [-0.39, 0.29) is 30.3 Å². The zero-order valence-electron chi connectivity index (χ0n) is 17.9. The van der Waals surface area contributed by atoms with Gasteiger partial charge in [-0.3, -0.25) is 9.59 Å². The Morgan fingerprint density at radius 2 is 1.39 bits per heavy atom. The van der Waals surface area contributed by atoms with Gasteiger partial charge in [-0.25, -0.2) is 0 Å². The first kappa shape index (κ1) is 22.1. The SMILES string of the molecule is CCOc1ccc([C@H](NC(=O)C[C@@H](C)NC(=O)c2ccccc2)c2ccccc2)cc1. The first-order valence-electron chi connectivity index (χ1n) is 10.5. The van der Waals surface area contributed by atoms with E-state index in [0.29, 0.717) is 12.2 Å². The third-order valence-electron chi connectivity index (χ3n) is 4.87. The van der Waals surface area contributed by atoms with Crippen molar-refractivity contribution in [2.45, 2.75) is 32.4 Å². The Balaban J connectivity index is 1.67. The van der Waals surface area contributed by atoms with Crippen LogP contribution in [0.4, 0.5) is 0 Å². The number of benzene rings is 3. The van der Waals surface area contributed by atoms with E-state index >= 15 is 0 Å². The normalized spacial score (nSPS) is 12.5. The molecule has 0 radical (unpaired) electrons. The molecule has 160 valence electrons. The molecule has 2 atom stereocenters. The summed E-state index contributed by atoms with van der Waals surface area (Å²) >= 11 is 0. The lowest BCUT2D eigenvalue weighted by atomic mass is 9.98. The zero-order valence-corrected chi connectivity index (χ0v) is 17.9. The average Bonchev–Trinajstić information content (AvgIpc) is 2.79. The maximum absolute atomic E-state index is 12.8. The molecule has 2 amide bonds. The van der Waals surface area contributed by atoms with Gasteiger partial charge in [0.05, 0.1) is 12.6 Å². The molecule has 31 heavy (non-hydrogen) atoms. The van der Waals surface area contributed by atoms with E-state index in [2.05, 4.69) is 10.6 Å². The highest BCUT2D eigenvalue weighted by molar-refractivity contribution is 5.94. The van der Waals surface area contributed by atoms with Crippen LogP contribution in [0.3, 0.4) is 0 Å². The van der Waals surface area contributed by atoms with Gasteiger partial charge in [0.25, 0.3) is 5.91 Å². The van der Waals surface area contributed by atoms with Crippen LogP contribution in [-0.2, 0) is 4.79 Å². The molecule has 0 aliphatic carbocycles. The molecular formula is C26H28N2O3. The van der Waals surface area contributed by atoms with Crippen LogP contribution in [0.5, 0.6) is 5.75 Å². The summed E-state index contributed by atoms with van der Waals surface area (Å²) in [6.45, 7) is 4.37. The fraction of sp³-hybridized carbons (Fsp3) is 0.231. The van der Waals surface area contributed by atoms with Crippen LogP contribution in [0.25, 0.3) is 0 Å². The predicted molar refractivity (Wildman–Crippen MR) is 122 cm³/mol. The Hall–Kier alpha value is -3.60. The van der Waals surface area contributed by atoms with Gasteiger partial charge in [0.2, 0.25) is 5.91 Å². The van der Waals surface area contributed by atoms with Crippen molar-refractivity contribution >= 4 is 11.8 Å². The lowest BCUT2D eigenvalue weighted by molar-refractivity contribution is -0.121. The molecule has 0 bridgehead atoms. The molecule has 0 spiro atoms. The van der Waals surface area contributed by atoms with Gasteiger partial charge in [0.1, 0.15) is 5.75 Å². The lowest BCUT2D eigenvalue weighted by Gasteiger charge is -2.22. The van der Waals surface area contributed by atoms with Crippen molar-refractivity contribution in [3.05, 3.63) is 102 Å². The van der Waals surface area contributed by atoms with Crippen molar-refractivity contribution < 1.29 is 14.3 Å². The number of rotatable bonds is 9. The van der Waals surface area contributed by atoms with Crippen LogP contribution >= 0.6 is 0 Å². The fourth-order valence-corrected chi connectivity index (χ4v) is 3.37. The Morgan fingerprint density at radius 3 is 2.00 bits per heavy atom. The van der Waals surface area contributed by atoms with Gasteiger partial charge in [-0.2, -0.15) is 0 Å². The Labute approximate surface area is 183 Å². The highest BCUT2D eigenvalue weighted by atomic mass is 16.5. The molecule has 0 fully saturated rings. The van der Waals surface area contributed by atoms with Crippen LogP contribution in [-0.4, -0.2) is 24.5 Å². The second kappa shape index (κ2) is 11.0. The second-order valence-corrected chi connectivity index (χ2v) is 7.36. The quantitative estimate of drug-likeness (QED) is 0.540. The molecule has 5 heteroatoms. The molecule has 0 heterocycles. The number of carbonyl (C=O) groups is 2. The van der Waals surface area contributed by atoms with E-state index in [0.717, 1.165) is 16.9 Å². The minimum Gasteiger partial charge on any atom is -0.494 e. The summed E-state index contributed by atoms with van der Waals surface area (Å²) in [7, 11) is 0. The van der Waals surface area contributed by atoms with Crippen LogP contribution in [0, 0.1) is 0 Å². The molecule has 2 N–H and O–H groups in total. The summed E-state index contributed by atoms with van der Waals surface area (Å²) in [4.78, 5) is 25.1. The van der Waals surface area contributed by atoms with E-state index in [1.165, 1.54) is 0 Å². The predicted octanol–water partition coefficient (Wildman–Crippen LogP) is 4.50. The van der Waals surface area contributed by atoms with Crippen molar-refractivity contribution in [3.8, 4) is 5.75 Å². The largest absolute Gasteiger partial charge is 0.494 e. The van der Waals surface area contributed by atoms with Gasteiger partial charge >= 0.3 is 0 Å². The third kappa shape index (κ3) is 6.44.